The van der Waals surface area contributed by atoms with E-state index in [1.165, 1.54) is 16.7 Å². The summed E-state index contributed by atoms with van der Waals surface area (Å²) >= 11 is 1.55. The van der Waals surface area contributed by atoms with E-state index in [-0.39, 0.29) is 13.0 Å². The van der Waals surface area contributed by atoms with Gasteiger partial charge < -0.3 is 24.3 Å². The molecule has 0 fully saturated rings. The Morgan fingerprint density at radius 3 is 2.23 bits per heavy atom. The smallest absolute Gasteiger partial charge is 0.323 e. The molecule has 0 aliphatic rings. The minimum atomic E-state index is -0.919. The Hall–Kier alpha value is -4.17. The SMILES string of the molecule is Cc1cc(C)c(OCCCCOc2ccc(C=Cc3cccc4c(SCCCC(=O)O)cn(CC(=O)O)c34)cc2)c(C)c1. The van der Waals surface area contributed by atoms with Crippen LogP contribution in [0.25, 0.3) is 23.1 Å². The molecule has 0 aliphatic carbocycles. The Labute approximate surface area is 257 Å². The number of aryl methyl sites for hydroxylation is 3. The number of fused-ring (bicyclic) bond motifs is 1. The van der Waals surface area contributed by atoms with Gasteiger partial charge in [0.1, 0.15) is 18.0 Å². The average Bonchev–Trinajstić information content (AvgIpc) is 3.30. The summed E-state index contributed by atoms with van der Waals surface area (Å²) in [6.45, 7) is 7.38. The van der Waals surface area contributed by atoms with Crippen molar-refractivity contribution >= 4 is 46.8 Å². The third-order valence-electron chi connectivity index (χ3n) is 6.99. The molecule has 4 rings (SSSR count). The summed E-state index contributed by atoms with van der Waals surface area (Å²) in [6, 6.07) is 18.1. The van der Waals surface area contributed by atoms with Gasteiger partial charge >= 0.3 is 11.9 Å². The lowest BCUT2D eigenvalue weighted by Gasteiger charge is -2.13. The minimum Gasteiger partial charge on any atom is -0.494 e. The first-order chi connectivity index (χ1) is 20.7. The highest BCUT2D eigenvalue weighted by atomic mass is 32.2. The maximum Gasteiger partial charge on any atom is 0.323 e. The molecule has 0 atom stereocenters. The number of carboxylic acid groups (broad SMARTS) is 2. The predicted molar refractivity (Wildman–Crippen MR) is 173 cm³/mol. The Kier molecular flexibility index (Phi) is 11.3. The van der Waals surface area contributed by atoms with E-state index >= 15 is 0 Å². The van der Waals surface area contributed by atoms with Crippen LogP contribution in [0.4, 0.5) is 0 Å². The van der Waals surface area contributed by atoms with Crippen LogP contribution >= 0.6 is 11.8 Å². The monoisotopic (exact) mass is 601 g/mol. The third kappa shape index (κ3) is 9.16. The normalized spacial score (nSPS) is 11.3. The zero-order valence-electron chi connectivity index (χ0n) is 25.0. The van der Waals surface area contributed by atoms with Gasteiger partial charge in [0.15, 0.2) is 0 Å². The number of aromatic nitrogens is 1. The fourth-order valence-corrected chi connectivity index (χ4v) is 6.14. The van der Waals surface area contributed by atoms with Crippen LogP contribution in [-0.4, -0.2) is 45.7 Å². The fourth-order valence-electron chi connectivity index (χ4n) is 5.11. The van der Waals surface area contributed by atoms with Crippen LogP contribution in [-0.2, 0) is 16.1 Å². The first-order valence-electron chi connectivity index (χ1n) is 14.5. The Morgan fingerprint density at radius 2 is 1.56 bits per heavy atom. The maximum atomic E-state index is 11.6. The zero-order chi connectivity index (χ0) is 30.8. The highest BCUT2D eigenvalue weighted by molar-refractivity contribution is 7.99. The van der Waals surface area contributed by atoms with Crippen LogP contribution in [0.1, 0.15) is 53.5 Å². The van der Waals surface area contributed by atoms with E-state index < -0.39 is 11.9 Å². The van der Waals surface area contributed by atoms with Gasteiger partial charge in [-0.2, -0.15) is 0 Å². The Bertz CT molecular complexity index is 1570. The number of unbranched alkanes of at least 4 members (excludes halogenated alkanes) is 1. The van der Waals surface area contributed by atoms with E-state index in [1.54, 1.807) is 16.3 Å². The molecule has 1 aromatic heterocycles. The number of aliphatic carboxylic acids is 2. The van der Waals surface area contributed by atoms with Gasteiger partial charge in [0, 0.05) is 22.9 Å². The molecule has 226 valence electrons. The summed E-state index contributed by atoms with van der Waals surface area (Å²) in [6.07, 6.45) is 8.31. The van der Waals surface area contributed by atoms with Crippen molar-refractivity contribution in [1.29, 1.82) is 0 Å². The molecule has 0 radical (unpaired) electrons. The number of thioether (sulfide) groups is 1. The van der Waals surface area contributed by atoms with E-state index in [2.05, 4.69) is 32.9 Å². The molecule has 1 heterocycles. The van der Waals surface area contributed by atoms with Crippen molar-refractivity contribution in [2.24, 2.45) is 0 Å². The number of para-hydroxylation sites is 1. The van der Waals surface area contributed by atoms with Crippen molar-refractivity contribution < 1.29 is 29.3 Å². The van der Waals surface area contributed by atoms with Crippen molar-refractivity contribution in [2.45, 2.75) is 57.9 Å². The van der Waals surface area contributed by atoms with Gasteiger partial charge in [-0.1, -0.05) is 60.2 Å². The molecule has 2 N–H and O–H groups in total. The number of rotatable bonds is 16. The summed E-state index contributed by atoms with van der Waals surface area (Å²) in [5.74, 6) is 0.704. The predicted octanol–water partition coefficient (Wildman–Crippen LogP) is 8.02. The molecular formula is C35H39NO6S. The Morgan fingerprint density at radius 1 is 0.860 bits per heavy atom. The van der Waals surface area contributed by atoms with Crippen LogP contribution in [0.3, 0.4) is 0 Å². The highest BCUT2D eigenvalue weighted by Gasteiger charge is 2.14. The summed E-state index contributed by atoms with van der Waals surface area (Å²) < 4.78 is 13.7. The molecule has 8 heteroatoms. The number of nitrogens with zero attached hydrogens (tertiary/aromatic N) is 1. The van der Waals surface area contributed by atoms with Gasteiger partial charge in [0.05, 0.1) is 18.7 Å². The van der Waals surface area contributed by atoms with Crippen LogP contribution < -0.4 is 9.47 Å². The van der Waals surface area contributed by atoms with Crippen LogP contribution in [0, 0.1) is 20.8 Å². The summed E-state index contributed by atoms with van der Waals surface area (Å²) in [7, 11) is 0. The summed E-state index contributed by atoms with van der Waals surface area (Å²) in [4.78, 5) is 23.4. The van der Waals surface area contributed by atoms with Crippen LogP contribution in [0.15, 0.2) is 65.7 Å². The van der Waals surface area contributed by atoms with Crippen molar-refractivity contribution in [1.82, 2.24) is 4.57 Å². The summed E-state index contributed by atoms with van der Waals surface area (Å²) in [5, 5.41) is 19.4. The molecule has 3 aromatic carbocycles. The van der Waals surface area contributed by atoms with E-state index in [4.69, 9.17) is 14.6 Å². The van der Waals surface area contributed by atoms with Gasteiger partial charge in [-0.25, -0.2) is 0 Å². The van der Waals surface area contributed by atoms with Crippen LogP contribution in [0.2, 0.25) is 0 Å². The van der Waals surface area contributed by atoms with Crippen molar-refractivity contribution in [2.75, 3.05) is 19.0 Å². The standard InChI is InChI=1S/C35H39NO6S/c1-24-20-25(2)35(26(3)21-24)42-18-5-4-17-41-29-15-12-27(13-16-29)11-14-28-8-6-9-30-31(43-19-7-10-32(37)38)22-36(34(28)30)23-33(39)40/h6,8-9,11-16,20-22H,4-5,7,10,17-19,23H2,1-3H3,(H,37,38)(H,39,40). The lowest BCUT2D eigenvalue weighted by atomic mass is 10.1. The quantitative estimate of drug-likeness (QED) is 0.0762. The van der Waals surface area contributed by atoms with Gasteiger partial charge in [-0.15, -0.1) is 11.8 Å². The molecule has 0 spiro atoms. The second kappa shape index (κ2) is 15.3. The lowest BCUT2D eigenvalue weighted by molar-refractivity contribution is -0.138. The number of benzene rings is 3. The average molecular weight is 602 g/mol. The first kappa shape index (κ1) is 31.8. The zero-order valence-corrected chi connectivity index (χ0v) is 25.8. The highest BCUT2D eigenvalue weighted by Crippen LogP contribution is 2.33. The molecule has 0 unspecified atom stereocenters. The number of hydrogen-bond donors (Lipinski definition) is 2. The number of carbonyl (C=O) groups is 2. The van der Waals surface area contributed by atoms with Gasteiger partial charge in [0.25, 0.3) is 0 Å². The minimum absolute atomic E-state index is 0.113. The summed E-state index contributed by atoms with van der Waals surface area (Å²) in [5.41, 5.74) is 6.34. The van der Waals surface area contributed by atoms with Gasteiger partial charge in [-0.05, 0) is 80.2 Å². The molecular weight excluding hydrogens is 562 g/mol. The number of carboxylic acids is 2. The van der Waals surface area contributed by atoms with Crippen molar-refractivity contribution in [3.05, 3.63) is 88.6 Å². The largest absolute Gasteiger partial charge is 0.494 e. The molecule has 43 heavy (non-hydrogen) atoms. The number of ether oxygens (including phenoxy) is 2. The molecule has 0 amide bonds. The lowest BCUT2D eigenvalue weighted by Crippen LogP contribution is -2.07. The second-order valence-corrected chi connectivity index (χ2v) is 11.8. The van der Waals surface area contributed by atoms with E-state index in [9.17, 15) is 14.7 Å². The Balaban J connectivity index is 1.33. The topological polar surface area (TPSA) is 98.0 Å². The first-order valence-corrected chi connectivity index (χ1v) is 15.5. The van der Waals surface area contributed by atoms with Gasteiger partial charge in [-0.3, -0.25) is 9.59 Å². The molecule has 0 saturated heterocycles. The van der Waals surface area contributed by atoms with Crippen LogP contribution in [0.5, 0.6) is 11.5 Å². The maximum absolute atomic E-state index is 11.6. The molecule has 0 saturated carbocycles. The second-order valence-electron chi connectivity index (χ2n) is 10.6. The third-order valence-corrected chi connectivity index (χ3v) is 8.11. The molecule has 0 aliphatic heterocycles. The van der Waals surface area contributed by atoms with E-state index in [0.29, 0.717) is 25.4 Å². The number of hydrogen-bond acceptors (Lipinski definition) is 5. The van der Waals surface area contributed by atoms with Crippen molar-refractivity contribution in [3.8, 4) is 11.5 Å². The van der Waals surface area contributed by atoms with E-state index in [1.807, 2.05) is 60.8 Å². The molecule has 7 nitrogen and oxygen atoms in total. The van der Waals surface area contributed by atoms with E-state index in [0.717, 1.165) is 51.3 Å². The van der Waals surface area contributed by atoms with Crippen molar-refractivity contribution in [3.63, 3.8) is 0 Å². The molecule has 4 aromatic rings. The molecule has 0 bridgehead atoms. The fraction of sp³-hybridized carbons (Fsp3) is 0.314. The van der Waals surface area contributed by atoms with Gasteiger partial charge in [0.2, 0.25) is 0 Å².